The predicted octanol–water partition coefficient (Wildman–Crippen LogP) is 4.58. The van der Waals surface area contributed by atoms with E-state index in [9.17, 15) is 24.0 Å². The van der Waals surface area contributed by atoms with Crippen molar-refractivity contribution >= 4 is 23.5 Å². The molecule has 1 heterocycles. The second-order valence-corrected chi connectivity index (χ2v) is 8.30. The number of Topliss-reactive ketones (excluding diaryl/α,β-unsaturated/α-hetero) is 1. The molecule has 0 saturated heterocycles. The van der Waals surface area contributed by atoms with E-state index in [0.717, 1.165) is 0 Å². The number of alkyl halides is 1. The first-order chi connectivity index (χ1) is 16.4. The normalized spacial score (nSPS) is 18.9. The number of benzene rings is 2. The van der Waals surface area contributed by atoms with Crippen molar-refractivity contribution in [3.05, 3.63) is 76.5 Å². The highest BCUT2D eigenvalue weighted by Crippen LogP contribution is 2.45. The summed E-state index contributed by atoms with van der Waals surface area (Å²) in [6.45, 7) is 0.853. The lowest BCUT2D eigenvalue weighted by atomic mass is 9.82. The fourth-order valence-electron chi connectivity index (χ4n) is 4.66. The molecule has 2 amide bonds. The molecule has 0 N–H and O–H groups in total. The van der Waals surface area contributed by atoms with Crippen molar-refractivity contribution < 1.29 is 23.5 Å². The van der Waals surface area contributed by atoms with Gasteiger partial charge in [-0.2, -0.15) is 5.26 Å². The Labute approximate surface area is 197 Å². The van der Waals surface area contributed by atoms with Crippen LogP contribution in [0.2, 0.25) is 0 Å². The van der Waals surface area contributed by atoms with Crippen molar-refractivity contribution in [2.24, 2.45) is 0 Å². The van der Waals surface area contributed by atoms with Gasteiger partial charge in [-0.15, -0.1) is 0 Å². The first-order valence-electron chi connectivity index (χ1n) is 11.0. The highest BCUT2D eigenvalue weighted by molar-refractivity contribution is 6.07. The number of methoxy groups -OCH3 is 1. The van der Waals surface area contributed by atoms with Crippen molar-refractivity contribution in [1.82, 2.24) is 4.90 Å². The third-order valence-corrected chi connectivity index (χ3v) is 6.30. The van der Waals surface area contributed by atoms with Crippen LogP contribution in [-0.2, 0) is 21.0 Å². The standard InChI is InChI=1S/C26H24FN3O4/c1-16(25(32)34-2)29-24(19-11-9-17(15-28)10-12-19)23-21(7-4-8-22(23)31)30(26(29)33)20-6-3-5-18(13-20)14-27/h3,5-6,9-13,16,24H,4,7-8,14H2,1-2H3. The average Bonchev–Trinajstić information content (AvgIpc) is 2.87. The van der Waals surface area contributed by atoms with Gasteiger partial charge in [-0.3, -0.25) is 14.6 Å². The molecule has 0 aromatic heterocycles. The molecule has 0 spiro atoms. The van der Waals surface area contributed by atoms with E-state index in [-0.39, 0.29) is 5.78 Å². The number of ether oxygens (including phenoxy) is 1. The molecule has 174 valence electrons. The molecule has 8 heteroatoms. The van der Waals surface area contributed by atoms with E-state index in [0.29, 0.717) is 52.9 Å². The Morgan fingerprint density at radius 3 is 2.59 bits per heavy atom. The Balaban J connectivity index is 1.97. The number of rotatable bonds is 5. The number of hydrogen-bond donors (Lipinski definition) is 0. The molecule has 2 atom stereocenters. The predicted molar refractivity (Wildman–Crippen MR) is 122 cm³/mol. The molecule has 34 heavy (non-hydrogen) atoms. The Hall–Kier alpha value is -3.99. The highest BCUT2D eigenvalue weighted by Gasteiger charge is 2.47. The maximum absolute atomic E-state index is 14.0. The lowest BCUT2D eigenvalue weighted by Gasteiger charge is -2.46. The summed E-state index contributed by atoms with van der Waals surface area (Å²) < 4.78 is 18.3. The van der Waals surface area contributed by atoms with Crippen LogP contribution in [0.25, 0.3) is 0 Å². The summed E-state index contributed by atoms with van der Waals surface area (Å²) in [5, 5.41) is 9.19. The molecule has 0 fully saturated rings. The smallest absolute Gasteiger partial charge is 0.330 e. The van der Waals surface area contributed by atoms with Crippen molar-refractivity contribution in [3.8, 4) is 6.07 Å². The minimum Gasteiger partial charge on any atom is -0.467 e. The molecular formula is C26H24FN3O4. The van der Waals surface area contributed by atoms with Gasteiger partial charge in [0.05, 0.1) is 30.5 Å². The number of carbonyl (C=O) groups is 3. The van der Waals surface area contributed by atoms with Crippen LogP contribution in [-0.4, -0.2) is 35.8 Å². The number of allylic oxidation sites excluding steroid dienone is 1. The molecule has 2 aromatic rings. The zero-order valence-electron chi connectivity index (χ0n) is 19.0. The zero-order valence-corrected chi connectivity index (χ0v) is 19.0. The third-order valence-electron chi connectivity index (χ3n) is 6.30. The number of esters is 1. The largest absolute Gasteiger partial charge is 0.467 e. The summed E-state index contributed by atoms with van der Waals surface area (Å²) in [6, 6.07) is 12.9. The molecule has 4 rings (SSSR count). The molecule has 7 nitrogen and oxygen atoms in total. The fraction of sp³-hybridized carbons (Fsp3) is 0.308. The molecule has 1 aliphatic heterocycles. The summed E-state index contributed by atoms with van der Waals surface area (Å²) in [6.07, 6.45) is 1.38. The molecule has 1 aliphatic carbocycles. The summed E-state index contributed by atoms with van der Waals surface area (Å²) in [5.41, 5.74) is 2.87. The van der Waals surface area contributed by atoms with Gasteiger partial charge in [-0.1, -0.05) is 24.3 Å². The van der Waals surface area contributed by atoms with Crippen LogP contribution >= 0.6 is 0 Å². The van der Waals surface area contributed by atoms with Crippen LogP contribution in [0.5, 0.6) is 0 Å². The lowest BCUT2D eigenvalue weighted by molar-refractivity contribution is -0.146. The molecular weight excluding hydrogens is 437 g/mol. The second-order valence-electron chi connectivity index (χ2n) is 8.30. The van der Waals surface area contributed by atoms with Crippen LogP contribution in [0.3, 0.4) is 0 Å². The Bertz CT molecular complexity index is 1220. The van der Waals surface area contributed by atoms with Gasteiger partial charge in [-0.25, -0.2) is 14.0 Å². The number of ketones is 1. The van der Waals surface area contributed by atoms with Gasteiger partial charge >= 0.3 is 12.0 Å². The number of urea groups is 1. The van der Waals surface area contributed by atoms with Crippen LogP contribution in [0.4, 0.5) is 14.9 Å². The molecule has 0 bridgehead atoms. The van der Waals surface area contributed by atoms with Gasteiger partial charge in [0.15, 0.2) is 5.78 Å². The topological polar surface area (TPSA) is 90.7 Å². The fourth-order valence-corrected chi connectivity index (χ4v) is 4.66. The van der Waals surface area contributed by atoms with Gasteiger partial charge in [0, 0.05) is 17.7 Å². The number of hydrogen-bond acceptors (Lipinski definition) is 5. The third kappa shape index (κ3) is 3.94. The number of halogens is 1. The molecule has 0 saturated carbocycles. The lowest BCUT2D eigenvalue weighted by Crippen LogP contribution is -2.57. The van der Waals surface area contributed by atoms with E-state index in [4.69, 9.17) is 4.74 Å². The zero-order chi connectivity index (χ0) is 24.4. The summed E-state index contributed by atoms with van der Waals surface area (Å²) in [7, 11) is 1.24. The molecule has 2 aliphatic rings. The molecule has 2 unspecified atom stereocenters. The maximum Gasteiger partial charge on any atom is 0.330 e. The van der Waals surface area contributed by atoms with Crippen molar-refractivity contribution in [3.63, 3.8) is 0 Å². The number of carbonyl (C=O) groups excluding carboxylic acids is 3. The molecule has 2 aromatic carbocycles. The minimum atomic E-state index is -1.01. The number of anilines is 1. The van der Waals surface area contributed by atoms with E-state index in [2.05, 4.69) is 6.07 Å². The first-order valence-corrected chi connectivity index (χ1v) is 11.0. The number of nitriles is 1. The van der Waals surface area contributed by atoms with Gasteiger partial charge in [-0.05, 0) is 55.2 Å². The van der Waals surface area contributed by atoms with Gasteiger partial charge in [0.25, 0.3) is 0 Å². The van der Waals surface area contributed by atoms with Crippen molar-refractivity contribution in [2.75, 3.05) is 12.0 Å². The Morgan fingerprint density at radius 2 is 1.94 bits per heavy atom. The SMILES string of the molecule is COC(=O)C(C)N1C(=O)N(c2cccc(CF)c2)C2=C(C(=O)CCC2)C1c1ccc(C#N)cc1. The Morgan fingerprint density at radius 1 is 1.21 bits per heavy atom. The summed E-state index contributed by atoms with van der Waals surface area (Å²) >= 11 is 0. The van der Waals surface area contributed by atoms with E-state index >= 15 is 0 Å². The van der Waals surface area contributed by atoms with Crippen molar-refractivity contribution in [2.45, 2.75) is 44.9 Å². The first kappa shape index (κ1) is 23.2. The van der Waals surface area contributed by atoms with Crippen molar-refractivity contribution in [1.29, 1.82) is 5.26 Å². The number of nitrogens with zero attached hydrogens (tertiary/aromatic N) is 3. The van der Waals surface area contributed by atoms with Gasteiger partial charge < -0.3 is 4.74 Å². The van der Waals surface area contributed by atoms with E-state index in [1.54, 1.807) is 55.5 Å². The van der Waals surface area contributed by atoms with E-state index in [1.807, 2.05) is 0 Å². The summed E-state index contributed by atoms with van der Waals surface area (Å²) in [5.74, 6) is -0.742. The summed E-state index contributed by atoms with van der Waals surface area (Å²) in [4.78, 5) is 42.7. The quantitative estimate of drug-likeness (QED) is 0.608. The maximum atomic E-state index is 14.0. The van der Waals surface area contributed by atoms with E-state index < -0.39 is 30.8 Å². The average molecular weight is 461 g/mol. The highest BCUT2D eigenvalue weighted by atomic mass is 19.1. The number of amides is 2. The van der Waals surface area contributed by atoms with Crippen LogP contribution in [0.15, 0.2) is 59.8 Å². The molecule has 0 radical (unpaired) electrons. The minimum absolute atomic E-state index is 0.114. The van der Waals surface area contributed by atoms with Gasteiger partial charge in [0.2, 0.25) is 0 Å². The Kier molecular flexibility index (Phi) is 6.46. The van der Waals surface area contributed by atoms with E-state index in [1.165, 1.54) is 16.9 Å². The van der Waals surface area contributed by atoms with Crippen LogP contribution in [0.1, 0.15) is 48.9 Å². The van der Waals surface area contributed by atoms with Crippen LogP contribution in [0, 0.1) is 11.3 Å². The second kappa shape index (κ2) is 9.48. The monoisotopic (exact) mass is 461 g/mol. The van der Waals surface area contributed by atoms with Crippen LogP contribution < -0.4 is 4.90 Å². The van der Waals surface area contributed by atoms with Gasteiger partial charge in [0.1, 0.15) is 12.7 Å².